The maximum atomic E-state index is 14.9. The molecule has 2 aromatic carbocycles. The van der Waals surface area contributed by atoms with Crippen molar-refractivity contribution in [1.82, 2.24) is 14.6 Å². The number of rotatable bonds is 4. The van der Waals surface area contributed by atoms with Gasteiger partial charge in [0.2, 0.25) is 10.0 Å². The third-order valence-corrected chi connectivity index (χ3v) is 6.95. The molecular weight excluding hydrogens is 480 g/mol. The standard InChI is InChI=1S/C21H20F4N4O4S/c1-34(31,32)26-16-10-27-17(21(16,24)25)8-9-28(20(27)30)29-11-33-15-7-3-5-13(19(15)29)12-4-2-6-14(22)18(12)23/h2-7,16-17,26H,8-11H2,1H3/t16-,17-/m1/s1. The van der Waals surface area contributed by atoms with Gasteiger partial charge in [0.15, 0.2) is 18.4 Å². The van der Waals surface area contributed by atoms with Crippen LogP contribution >= 0.6 is 0 Å². The second-order valence-corrected chi connectivity index (χ2v) is 10.2. The third kappa shape index (κ3) is 3.54. The van der Waals surface area contributed by atoms with E-state index >= 15 is 0 Å². The summed E-state index contributed by atoms with van der Waals surface area (Å²) in [5.74, 6) is -5.25. The van der Waals surface area contributed by atoms with Crippen molar-refractivity contribution < 1.29 is 35.5 Å². The summed E-state index contributed by atoms with van der Waals surface area (Å²) in [4.78, 5) is 14.2. The number of sulfonamides is 1. The summed E-state index contributed by atoms with van der Waals surface area (Å²) >= 11 is 0. The Morgan fingerprint density at radius 1 is 1.09 bits per heavy atom. The third-order valence-electron chi connectivity index (χ3n) is 6.23. The highest BCUT2D eigenvalue weighted by Crippen LogP contribution is 2.46. The Bertz CT molecular complexity index is 1280. The number of carbonyl (C=O) groups excluding carboxylic acids is 1. The van der Waals surface area contributed by atoms with E-state index in [0.717, 1.165) is 17.2 Å². The minimum absolute atomic E-state index is 0.0418. The van der Waals surface area contributed by atoms with Crippen molar-refractivity contribution >= 4 is 21.7 Å². The van der Waals surface area contributed by atoms with E-state index in [1.54, 1.807) is 18.2 Å². The average Bonchev–Trinajstić information content (AvgIpc) is 3.29. The first-order chi connectivity index (χ1) is 16.0. The van der Waals surface area contributed by atoms with E-state index in [1.165, 1.54) is 22.2 Å². The number of ether oxygens (including phenoxy) is 1. The lowest BCUT2D eigenvalue weighted by Gasteiger charge is -2.42. The molecule has 3 heterocycles. The highest BCUT2D eigenvalue weighted by molar-refractivity contribution is 7.88. The van der Waals surface area contributed by atoms with Gasteiger partial charge in [-0.15, -0.1) is 0 Å². The molecule has 3 aliphatic rings. The molecule has 13 heteroatoms. The molecule has 0 unspecified atom stereocenters. The van der Waals surface area contributed by atoms with Gasteiger partial charge in [-0.2, -0.15) is 0 Å². The van der Waals surface area contributed by atoms with E-state index in [9.17, 15) is 30.8 Å². The van der Waals surface area contributed by atoms with Crippen LogP contribution in [0.25, 0.3) is 11.1 Å². The van der Waals surface area contributed by atoms with Crippen molar-refractivity contribution in [2.24, 2.45) is 0 Å². The topological polar surface area (TPSA) is 82.2 Å². The molecule has 5 rings (SSSR count). The van der Waals surface area contributed by atoms with E-state index in [2.05, 4.69) is 0 Å². The molecule has 0 spiro atoms. The van der Waals surface area contributed by atoms with E-state index in [1.807, 2.05) is 4.72 Å². The van der Waals surface area contributed by atoms with Crippen LogP contribution in [0.5, 0.6) is 5.75 Å². The largest absolute Gasteiger partial charge is 0.469 e. The molecular formula is C21H20F4N4O4S. The molecule has 8 nitrogen and oxygen atoms in total. The lowest BCUT2D eigenvalue weighted by atomic mass is 10.0. The lowest BCUT2D eigenvalue weighted by Crippen LogP contribution is -2.60. The molecule has 2 amide bonds. The van der Waals surface area contributed by atoms with Gasteiger partial charge in [0.1, 0.15) is 23.5 Å². The molecule has 2 fully saturated rings. The molecule has 0 saturated carbocycles. The Balaban J connectivity index is 1.49. The summed E-state index contributed by atoms with van der Waals surface area (Å²) in [6.45, 7) is -0.763. The fraction of sp³-hybridized carbons (Fsp3) is 0.381. The molecule has 3 aliphatic heterocycles. The van der Waals surface area contributed by atoms with E-state index < -0.39 is 52.2 Å². The summed E-state index contributed by atoms with van der Waals surface area (Å²) in [5.41, 5.74) is 0.528. The summed E-state index contributed by atoms with van der Waals surface area (Å²) in [6, 6.07) is 4.48. The molecule has 2 atom stereocenters. The zero-order chi connectivity index (χ0) is 24.4. The predicted molar refractivity (Wildman–Crippen MR) is 114 cm³/mol. The first-order valence-corrected chi connectivity index (χ1v) is 12.3. The number of hydrazine groups is 1. The van der Waals surface area contributed by atoms with Crippen LogP contribution in [0, 0.1) is 11.6 Å². The SMILES string of the molecule is CS(=O)(=O)N[C@@H]1CN2C(=O)N(N3COc4cccc(-c5cccc(F)c5F)c43)CC[C@@H]2C1(F)F. The van der Waals surface area contributed by atoms with Crippen LogP contribution in [0.4, 0.5) is 28.0 Å². The van der Waals surface area contributed by atoms with Crippen LogP contribution in [0.3, 0.4) is 0 Å². The number of para-hydroxylation sites is 1. The number of nitrogens with one attached hydrogen (secondary N) is 1. The number of amides is 2. The number of nitrogens with zero attached hydrogens (tertiary/aromatic N) is 3. The maximum absolute atomic E-state index is 14.9. The summed E-state index contributed by atoms with van der Waals surface area (Å²) in [7, 11) is -3.93. The number of hydrogen-bond acceptors (Lipinski definition) is 5. The number of benzene rings is 2. The van der Waals surface area contributed by atoms with Crippen molar-refractivity contribution in [2.75, 3.05) is 31.1 Å². The Morgan fingerprint density at radius 2 is 1.79 bits per heavy atom. The van der Waals surface area contributed by atoms with Crippen molar-refractivity contribution in [3.05, 3.63) is 48.0 Å². The van der Waals surface area contributed by atoms with Gasteiger partial charge in [-0.05, 0) is 18.6 Å². The maximum Gasteiger partial charge on any atom is 0.339 e. The Morgan fingerprint density at radius 3 is 2.53 bits per heavy atom. The molecule has 0 radical (unpaired) electrons. The van der Waals surface area contributed by atoms with Gasteiger partial charge in [0, 0.05) is 24.2 Å². The van der Waals surface area contributed by atoms with Crippen LogP contribution in [-0.4, -0.2) is 68.4 Å². The van der Waals surface area contributed by atoms with Crippen LogP contribution in [0.15, 0.2) is 36.4 Å². The number of hydrogen-bond donors (Lipinski definition) is 1. The van der Waals surface area contributed by atoms with Crippen molar-refractivity contribution in [3.8, 4) is 16.9 Å². The molecule has 2 saturated heterocycles. The van der Waals surface area contributed by atoms with Gasteiger partial charge in [-0.1, -0.05) is 24.3 Å². The number of halogens is 4. The zero-order valence-electron chi connectivity index (χ0n) is 17.8. The smallest absolute Gasteiger partial charge is 0.339 e. The minimum Gasteiger partial charge on any atom is -0.469 e. The van der Waals surface area contributed by atoms with E-state index in [0.29, 0.717) is 11.4 Å². The number of fused-ring (bicyclic) bond motifs is 2. The van der Waals surface area contributed by atoms with Crippen LogP contribution in [0.2, 0.25) is 0 Å². The fourth-order valence-corrected chi connectivity index (χ4v) is 5.50. The second kappa shape index (κ2) is 7.73. The number of carbonyl (C=O) groups is 1. The lowest BCUT2D eigenvalue weighted by molar-refractivity contribution is -0.0541. The van der Waals surface area contributed by atoms with E-state index in [-0.39, 0.29) is 30.8 Å². The predicted octanol–water partition coefficient (Wildman–Crippen LogP) is 2.77. The number of alkyl halides is 2. The fourth-order valence-electron chi connectivity index (χ4n) is 4.75. The Hall–Kier alpha value is -3.06. The van der Waals surface area contributed by atoms with Crippen molar-refractivity contribution in [3.63, 3.8) is 0 Å². The summed E-state index contributed by atoms with van der Waals surface area (Å²) < 4.78 is 89.0. The zero-order valence-corrected chi connectivity index (χ0v) is 18.7. The highest BCUT2D eigenvalue weighted by atomic mass is 32.2. The number of urea groups is 1. The van der Waals surface area contributed by atoms with Crippen molar-refractivity contribution in [2.45, 2.75) is 24.4 Å². The van der Waals surface area contributed by atoms with Gasteiger partial charge in [-0.25, -0.2) is 45.5 Å². The molecule has 182 valence electrons. The molecule has 0 aliphatic carbocycles. The molecule has 2 aromatic rings. The van der Waals surface area contributed by atoms with Gasteiger partial charge < -0.3 is 9.64 Å². The monoisotopic (exact) mass is 500 g/mol. The van der Waals surface area contributed by atoms with Crippen LogP contribution in [-0.2, 0) is 10.0 Å². The first-order valence-electron chi connectivity index (χ1n) is 10.4. The quantitative estimate of drug-likeness (QED) is 0.653. The van der Waals surface area contributed by atoms with Crippen molar-refractivity contribution in [1.29, 1.82) is 0 Å². The molecule has 34 heavy (non-hydrogen) atoms. The summed E-state index contributed by atoms with van der Waals surface area (Å²) in [5, 5.41) is 2.62. The molecule has 0 aromatic heterocycles. The number of anilines is 1. The average molecular weight is 500 g/mol. The van der Waals surface area contributed by atoms with Gasteiger partial charge >= 0.3 is 6.03 Å². The minimum atomic E-state index is -3.93. The Labute approximate surface area is 192 Å². The highest BCUT2D eigenvalue weighted by Gasteiger charge is 2.61. The first kappa shape index (κ1) is 22.7. The molecule has 0 bridgehead atoms. The Kier molecular flexibility index (Phi) is 5.17. The van der Waals surface area contributed by atoms with E-state index in [4.69, 9.17) is 4.74 Å². The van der Waals surface area contributed by atoms with Crippen LogP contribution in [0.1, 0.15) is 6.42 Å². The van der Waals surface area contributed by atoms with Gasteiger partial charge in [0.05, 0.1) is 6.26 Å². The van der Waals surface area contributed by atoms with Gasteiger partial charge in [-0.3, -0.25) is 0 Å². The molecule has 1 N–H and O–H groups in total. The summed E-state index contributed by atoms with van der Waals surface area (Å²) in [6.07, 6.45) is 0.642. The van der Waals surface area contributed by atoms with Crippen LogP contribution < -0.4 is 14.5 Å². The second-order valence-electron chi connectivity index (χ2n) is 8.41. The normalized spacial score (nSPS) is 23.7. The van der Waals surface area contributed by atoms with Gasteiger partial charge in [0.25, 0.3) is 5.92 Å².